The fourth-order valence-electron chi connectivity index (χ4n) is 1.71. The standard InChI is InChI=1S/C10H14BrN3/c11-4-7-14(9-2-1-3-9)10-8-12-5-6-13-10/h5-6,8-9H,1-4,7H2. The molecule has 0 atom stereocenters. The summed E-state index contributed by atoms with van der Waals surface area (Å²) in [6.07, 6.45) is 9.27. The molecule has 1 saturated carbocycles. The van der Waals surface area contributed by atoms with Gasteiger partial charge in [-0.1, -0.05) is 15.9 Å². The summed E-state index contributed by atoms with van der Waals surface area (Å²) in [6.45, 7) is 1.02. The van der Waals surface area contributed by atoms with Crippen LogP contribution in [0.4, 0.5) is 5.82 Å². The Morgan fingerprint density at radius 3 is 2.79 bits per heavy atom. The van der Waals surface area contributed by atoms with E-state index < -0.39 is 0 Å². The van der Waals surface area contributed by atoms with Gasteiger partial charge in [0.05, 0.1) is 6.20 Å². The van der Waals surface area contributed by atoms with E-state index in [1.165, 1.54) is 19.3 Å². The largest absolute Gasteiger partial charge is 0.352 e. The van der Waals surface area contributed by atoms with E-state index in [1.54, 1.807) is 12.4 Å². The molecule has 0 aromatic carbocycles. The summed E-state index contributed by atoms with van der Waals surface area (Å²) in [5.74, 6) is 1.01. The lowest BCUT2D eigenvalue weighted by molar-refractivity contribution is 0.389. The zero-order valence-corrected chi connectivity index (χ0v) is 9.65. The number of alkyl halides is 1. The minimum Gasteiger partial charge on any atom is -0.352 e. The smallest absolute Gasteiger partial charge is 0.147 e. The lowest BCUT2D eigenvalue weighted by Gasteiger charge is -2.37. The van der Waals surface area contributed by atoms with Crippen LogP contribution in [0, 0.1) is 0 Å². The quantitative estimate of drug-likeness (QED) is 0.773. The highest BCUT2D eigenvalue weighted by atomic mass is 79.9. The van der Waals surface area contributed by atoms with Crippen molar-refractivity contribution < 1.29 is 0 Å². The maximum Gasteiger partial charge on any atom is 0.147 e. The average molecular weight is 256 g/mol. The number of halogens is 1. The molecular weight excluding hydrogens is 242 g/mol. The third-order valence-electron chi connectivity index (χ3n) is 2.68. The van der Waals surface area contributed by atoms with E-state index in [0.717, 1.165) is 17.7 Å². The Morgan fingerprint density at radius 2 is 2.29 bits per heavy atom. The van der Waals surface area contributed by atoms with Gasteiger partial charge in [0.1, 0.15) is 5.82 Å². The van der Waals surface area contributed by atoms with Crippen molar-refractivity contribution >= 4 is 21.7 Å². The molecule has 0 amide bonds. The molecule has 2 rings (SSSR count). The van der Waals surface area contributed by atoms with Crippen LogP contribution in [0.25, 0.3) is 0 Å². The summed E-state index contributed by atoms with van der Waals surface area (Å²) in [5, 5.41) is 0.986. The first-order valence-electron chi connectivity index (χ1n) is 5.00. The highest BCUT2D eigenvalue weighted by Crippen LogP contribution is 2.27. The molecule has 14 heavy (non-hydrogen) atoms. The van der Waals surface area contributed by atoms with E-state index in [9.17, 15) is 0 Å². The number of nitrogens with zero attached hydrogens (tertiary/aromatic N) is 3. The Hall–Kier alpha value is -0.640. The third kappa shape index (κ3) is 2.05. The van der Waals surface area contributed by atoms with Gasteiger partial charge in [-0.05, 0) is 19.3 Å². The maximum absolute atomic E-state index is 4.34. The second-order valence-corrected chi connectivity index (χ2v) is 4.32. The minimum atomic E-state index is 0.684. The van der Waals surface area contributed by atoms with Crippen LogP contribution < -0.4 is 4.90 Å². The van der Waals surface area contributed by atoms with Gasteiger partial charge >= 0.3 is 0 Å². The molecule has 1 aromatic rings. The van der Waals surface area contributed by atoms with Gasteiger partial charge in [-0.3, -0.25) is 4.98 Å². The van der Waals surface area contributed by atoms with Crippen molar-refractivity contribution in [2.75, 3.05) is 16.8 Å². The summed E-state index contributed by atoms with van der Waals surface area (Å²) < 4.78 is 0. The van der Waals surface area contributed by atoms with E-state index in [2.05, 4.69) is 30.8 Å². The second kappa shape index (κ2) is 4.73. The molecule has 1 aliphatic rings. The molecule has 1 fully saturated rings. The number of hydrogen-bond donors (Lipinski definition) is 0. The number of hydrogen-bond acceptors (Lipinski definition) is 3. The molecule has 76 valence electrons. The van der Waals surface area contributed by atoms with Crippen molar-refractivity contribution in [3.63, 3.8) is 0 Å². The van der Waals surface area contributed by atoms with Crippen LogP contribution in [0.15, 0.2) is 18.6 Å². The lowest BCUT2D eigenvalue weighted by atomic mass is 9.91. The molecule has 0 saturated heterocycles. The molecule has 0 radical (unpaired) electrons. The third-order valence-corrected chi connectivity index (χ3v) is 3.04. The van der Waals surface area contributed by atoms with Crippen molar-refractivity contribution in [1.82, 2.24) is 9.97 Å². The first-order chi connectivity index (χ1) is 6.92. The first kappa shape index (κ1) is 9.90. The Labute approximate surface area is 92.7 Å². The Morgan fingerprint density at radius 1 is 1.43 bits per heavy atom. The molecular formula is C10H14BrN3. The molecule has 0 bridgehead atoms. The molecule has 3 nitrogen and oxygen atoms in total. The average Bonchev–Trinajstić information content (AvgIpc) is 2.16. The summed E-state index contributed by atoms with van der Waals surface area (Å²) >= 11 is 3.48. The van der Waals surface area contributed by atoms with Crippen molar-refractivity contribution in [3.8, 4) is 0 Å². The van der Waals surface area contributed by atoms with Crippen molar-refractivity contribution in [2.24, 2.45) is 0 Å². The number of anilines is 1. The van der Waals surface area contributed by atoms with Crippen LogP contribution in [0.1, 0.15) is 19.3 Å². The van der Waals surface area contributed by atoms with Gasteiger partial charge < -0.3 is 4.90 Å². The van der Waals surface area contributed by atoms with Gasteiger partial charge in [-0.25, -0.2) is 4.98 Å². The Kier molecular flexibility index (Phi) is 3.35. The predicted octanol–water partition coefficient (Wildman–Crippen LogP) is 2.23. The van der Waals surface area contributed by atoms with E-state index >= 15 is 0 Å². The topological polar surface area (TPSA) is 29.0 Å². The summed E-state index contributed by atoms with van der Waals surface area (Å²) in [5.41, 5.74) is 0. The SMILES string of the molecule is BrCCN(c1cnccn1)C1CCC1. The first-order valence-corrected chi connectivity index (χ1v) is 6.12. The van der Waals surface area contributed by atoms with Gasteiger partial charge in [0, 0.05) is 30.3 Å². The summed E-state index contributed by atoms with van der Waals surface area (Å²) in [6, 6.07) is 0.684. The van der Waals surface area contributed by atoms with Crippen molar-refractivity contribution in [3.05, 3.63) is 18.6 Å². The maximum atomic E-state index is 4.34. The Bertz CT molecular complexity index is 274. The number of rotatable bonds is 4. The fourth-order valence-corrected chi connectivity index (χ4v) is 2.10. The van der Waals surface area contributed by atoms with Crippen LogP contribution in [-0.2, 0) is 0 Å². The van der Waals surface area contributed by atoms with Crippen molar-refractivity contribution in [2.45, 2.75) is 25.3 Å². The van der Waals surface area contributed by atoms with Gasteiger partial charge in [0.15, 0.2) is 0 Å². The van der Waals surface area contributed by atoms with Crippen LogP contribution in [0.2, 0.25) is 0 Å². The lowest BCUT2D eigenvalue weighted by Crippen LogP contribution is -2.41. The normalized spacial score (nSPS) is 16.4. The van der Waals surface area contributed by atoms with Gasteiger partial charge in [-0.15, -0.1) is 0 Å². The highest BCUT2D eigenvalue weighted by Gasteiger charge is 2.25. The minimum absolute atomic E-state index is 0.684. The zero-order valence-electron chi connectivity index (χ0n) is 8.06. The van der Waals surface area contributed by atoms with Crippen LogP contribution in [0.3, 0.4) is 0 Å². The molecule has 0 aliphatic heterocycles. The monoisotopic (exact) mass is 255 g/mol. The fraction of sp³-hybridized carbons (Fsp3) is 0.600. The molecule has 0 spiro atoms. The van der Waals surface area contributed by atoms with Crippen LogP contribution in [-0.4, -0.2) is 27.9 Å². The summed E-state index contributed by atoms with van der Waals surface area (Å²) in [7, 11) is 0. The highest BCUT2D eigenvalue weighted by molar-refractivity contribution is 9.09. The predicted molar refractivity (Wildman–Crippen MR) is 60.8 cm³/mol. The zero-order chi connectivity index (χ0) is 9.80. The van der Waals surface area contributed by atoms with Gasteiger partial charge in [0.2, 0.25) is 0 Å². The molecule has 0 N–H and O–H groups in total. The van der Waals surface area contributed by atoms with Gasteiger partial charge in [-0.2, -0.15) is 0 Å². The molecule has 1 heterocycles. The second-order valence-electron chi connectivity index (χ2n) is 3.53. The number of aromatic nitrogens is 2. The van der Waals surface area contributed by atoms with Crippen molar-refractivity contribution in [1.29, 1.82) is 0 Å². The van der Waals surface area contributed by atoms with E-state index in [0.29, 0.717) is 6.04 Å². The Balaban J connectivity index is 2.09. The van der Waals surface area contributed by atoms with E-state index in [4.69, 9.17) is 0 Å². The molecule has 1 aliphatic carbocycles. The molecule has 4 heteroatoms. The van der Waals surface area contributed by atoms with Crippen LogP contribution in [0.5, 0.6) is 0 Å². The van der Waals surface area contributed by atoms with Crippen LogP contribution >= 0.6 is 15.9 Å². The summed E-state index contributed by atoms with van der Waals surface area (Å²) in [4.78, 5) is 10.8. The molecule has 1 aromatic heterocycles. The van der Waals surface area contributed by atoms with Gasteiger partial charge in [0.25, 0.3) is 0 Å². The van der Waals surface area contributed by atoms with E-state index in [1.807, 2.05) is 6.20 Å². The van der Waals surface area contributed by atoms with E-state index in [-0.39, 0.29) is 0 Å². The molecule has 0 unspecified atom stereocenters.